The van der Waals surface area contributed by atoms with Gasteiger partial charge in [-0.2, -0.15) is 8.61 Å². The molecule has 0 saturated carbocycles. The summed E-state index contributed by atoms with van der Waals surface area (Å²) in [5, 5.41) is 0. The van der Waals surface area contributed by atoms with E-state index >= 15 is 0 Å². The van der Waals surface area contributed by atoms with Crippen LogP contribution in [0.1, 0.15) is 50.7 Å². The van der Waals surface area contributed by atoms with E-state index in [0.717, 1.165) is 11.1 Å². The zero-order chi connectivity index (χ0) is 22.1. The van der Waals surface area contributed by atoms with E-state index in [4.69, 9.17) is 0 Å². The first-order chi connectivity index (χ1) is 14.0. The maximum Gasteiger partial charge on any atom is 0.243 e. The molecule has 0 aromatic heterocycles. The summed E-state index contributed by atoms with van der Waals surface area (Å²) in [6, 6.07) is 13.8. The van der Waals surface area contributed by atoms with Crippen molar-refractivity contribution in [2.45, 2.75) is 49.3 Å². The Morgan fingerprint density at radius 3 is 1.07 bits per heavy atom. The largest absolute Gasteiger partial charge is 0.243 e. The molecule has 164 valence electrons. The molecule has 0 unspecified atom stereocenters. The molecule has 3 rings (SSSR count). The minimum Gasteiger partial charge on any atom is -0.207 e. The van der Waals surface area contributed by atoms with Gasteiger partial charge < -0.3 is 0 Å². The van der Waals surface area contributed by atoms with Crippen LogP contribution >= 0.6 is 0 Å². The molecular formula is C22H30N2O4S2. The molecular weight excluding hydrogens is 420 g/mol. The summed E-state index contributed by atoms with van der Waals surface area (Å²) in [7, 11) is -7.28. The minimum absolute atomic E-state index is 0.136. The molecule has 1 aliphatic rings. The first-order valence-corrected chi connectivity index (χ1v) is 13.1. The van der Waals surface area contributed by atoms with Crippen molar-refractivity contribution in [1.29, 1.82) is 0 Å². The molecule has 0 spiro atoms. The predicted molar refractivity (Wildman–Crippen MR) is 119 cm³/mol. The SMILES string of the molecule is CC(C)c1ccc(S(=O)(=O)N2CCN(S(=O)(=O)c3ccc(C(C)C)cc3)CC2)cc1. The highest BCUT2D eigenvalue weighted by Gasteiger charge is 2.33. The lowest BCUT2D eigenvalue weighted by Gasteiger charge is -2.33. The molecule has 8 heteroatoms. The van der Waals surface area contributed by atoms with Crippen molar-refractivity contribution in [1.82, 2.24) is 8.61 Å². The Balaban J connectivity index is 1.71. The van der Waals surface area contributed by atoms with Crippen molar-refractivity contribution >= 4 is 20.0 Å². The fourth-order valence-corrected chi connectivity index (χ4v) is 6.34. The van der Waals surface area contributed by atoms with Gasteiger partial charge in [0, 0.05) is 26.2 Å². The average molecular weight is 451 g/mol. The fraction of sp³-hybridized carbons (Fsp3) is 0.455. The van der Waals surface area contributed by atoms with Crippen LogP contribution in [0.3, 0.4) is 0 Å². The van der Waals surface area contributed by atoms with Gasteiger partial charge in [0.15, 0.2) is 0 Å². The summed E-state index contributed by atoms with van der Waals surface area (Å²) in [6.45, 7) is 8.77. The van der Waals surface area contributed by atoms with E-state index in [2.05, 4.69) is 27.7 Å². The summed E-state index contributed by atoms with van der Waals surface area (Å²) in [5.41, 5.74) is 2.15. The second-order valence-corrected chi connectivity index (χ2v) is 12.1. The first-order valence-electron chi connectivity index (χ1n) is 10.2. The third kappa shape index (κ3) is 4.61. The second-order valence-electron chi connectivity index (χ2n) is 8.26. The third-order valence-electron chi connectivity index (χ3n) is 5.57. The molecule has 6 nitrogen and oxygen atoms in total. The van der Waals surface area contributed by atoms with Gasteiger partial charge in [-0.15, -0.1) is 0 Å². The Kier molecular flexibility index (Phi) is 6.72. The third-order valence-corrected chi connectivity index (χ3v) is 9.39. The van der Waals surface area contributed by atoms with Crippen LogP contribution in [0.4, 0.5) is 0 Å². The normalized spacial score (nSPS) is 17.0. The van der Waals surface area contributed by atoms with Crippen LogP contribution in [0, 0.1) is 0 Å². The number of nitrogens with zero attached hydrogens (tertiary/aromatic N) is 2. The molecule has 0 aliphatic carbocycles. The Bertz CT molecular complexity index is 977. The zero-order valence-electron chi connectivity index (χ0n) is 17.9. The maximum absolute atomic E-state index is 13.0. The predicted octanol–water partition coefficient (Wildman–Crippen LogP) is 3.63. The molecule has 1 saturated heterocycles. The van der Waals surface area contributed by atoms with Crippen molar-refractivity contribution in [3.8, 4) is 0 Å². The van der Waals surface area contributed by atoms with Gasteiger partial charge in [-0.1, -0.05) is 52.0 Å². The smallest absolute Gasteiger partial charge is 0.207 e. The number of rotatable bonds is 6. The molecule has 0 amide bonds. The van der Waals surface area contributed by atoms with E-state index in [1.165, 1.54) is 8.61 Å². The minimum atomic E-state index is -3.64. The van der Waals surface area contributed by atoms with Gasteiger partial charge in [0.1, 0.15) is 0 Å². The highest BCUT2D eigenvalue weighted by molar-refractivity contribution is 7.89. The number of piperazine rings is 1. The van der Waals surface area contributed by atoms with Gasteiger partial charge in [0.05, 0.1) is 9.79 Å². The average Bonchev–Trinajstić information content (AvgIpc) is 2.74. The Morgan fingerprint density at radius 1 is 0.567 bits per heavy atom. The lowest BCUT2D eigenvalue weighted by Crippen LogP contribution is -2.50. The first kappa shape index (κ1) is 22.9. The molecule has 2 aromatic rings. The lowest BCUT2D eigenvalue weighted by atomic mass is 10.0. The molecule has 0 radical (unpaired) electrons. The van der Waals surface area contributed by atoms with Crippen molar-refractivity contribution < 1.29 is 16.8 Å². The number of benzene rings is 2. The van der Waals surface area contributed by atoms with Crippen molar-refractivity contribution in [3.63, 3.8) is 0 Å². The van der Waals surface area contributed by atoms with E-state index in [1.54, 1.807) is 24.3 Å². The van der Waals surface area contributed by atoms with E-state index in [-0.39, 0.29) is 36.0 Å². The highest BCUT2D eigenvalue weighted by atomic mass is 32.2. The van der Waals surface area contributed by atoms with Crippen LogP contribution in [0.5, 0.6) is 0 Å². The molecule has 1 heterocycles. The molecule has 0 bridgehead atoms. The second kappa shape index (κ2) is 8.78. The molecule has 0 atom stereocenters. The van der Waals surface area contributed by atoms with Crippen LogP contribution in [0.2, 0.25) is 0 Å². The van der Waals surface area contributed by atoms with E-state index in [9.17, 15) is 16.8 Å². The Morgan fingerprint density at radius 2 is 0.833 bits per heavy atom. The zero-order valence-corrected chi connectivity index (χ0v) is 19.6. The lowest BCUT2D eigenvalue weighted by molar-refractivity contribution is 0.273. The van der Waals surface area contributed by atoms with Gasteiger partial charge >= 0.3 is 0 Å². The Hall–Kier alpha value is -1.74. The van der Waals surface area contributed by atoms with Gasteiger partial charge in [-0.25, -0.2) is 16.8 Å². The van der Waals surface area contributed by atoms with Crippen molar-refractivity contribution in [2.24, 2.45) is 0 Å². The van der Waals surface area contributed by atoms with E-state index in [1.807, 2.05) is 24.3 Å². The number of sulfonamides is 2. The monoisotopic (exact) mass is 450 g/mol. The van der Waals surface area contributed by atoms with Crippen molar-refractivity contribution in [3.05, 3.63) is 59.7 Å². The van der Waals surface area contributed by atoms with Crippen LogP contribution in [0.15, 0.2) is 58.3 Å². The Labute approximate surface area is 180 Å². The quantitative estimate of drug-likeness (QED) is 0.674. The van der Waals surface area contributed by atoms with Crippen LogP contribution < -0.4 is 0 Å². The maximum atomic E-state index is 13.0. The molecule has 30 heavy (non-hydrogen) atoms. The molecule has 1 fully saturated rings. The highest BCUT2D eigenvalue weighted by Crippen LogP contribution is 2.24. The summed E-state index contributed by atoms with van der Waals surface area (Å²) < 4.78 is 54.5. The topological polar surface area (TPSA) is 74.8 Å². The number of hydrogen-bond acceptors (Lipinski definition) is 4. The van der Waals surface area contributed by atoms with Crippen LogP contribution in [-0.2, 0) is 20.0 Å². The summed E-state index contributed by atoms with van der Waals surface area (Å²) in [6.07, 6.45) is 0. The summed E-state index contributed by atoms with van der Waals surface area (Å²) in [5.74, 6) is 0.648. The van der Waals surface area contributed by atoms with E-state index in [0.29, 0.717) is 11.8 Å². The standard InChI is InChI=1S/C22H30N2O4S2/c1-17(2)19-5-9-21(10-6-19)29(25,26)23-13-15-24(16-14-23)30(27,28)22-11-7-20(8-12-22)18(3)4/h5-12,17-18H,13-16H2,1-4H3. The van der Waals surface area contributed by atoms with Gasteiger partial charge in [-0.3, -0.25) is 0 Å². The summed E-state index contributed by atoms with van der Waals surface area (Å²) >= 11 is 0. The number of hydrogen-bond donors (Lipinski definition) is 0. The molecule has 1 aliphatic heterocycles. The van der Waals surface area contributed by atoms with Crippen LogP contribution in [-0.4, -0.2) is 51.6 Å². The summed E-state index contributed by atoms with van der Waals surface area (Å²) in [4.78, 5) is 0.486. The van der Waals surface area contributed by atoms with Crippen LogP contribution in [0.25, 0.3) is 0 Å². The fourth-order valence-electron chi connectivity index (χ4n) is 3.50. The molecule has 0 N–H and O–H groups in total. The van der Waals surface area contributed by atoms with Gasteiger partial charge in [0.25, 0.3) is 0 Å². The van der Waals surface area contributed by atoms with E-state index < -0.39 is 20.0 Å². The van der Waals surface area contributed by atoms with Gasteiger partial charge in [-0.05, 0) is 47.2 Å². The van der Waals surface area contributed by atoms with Gasteiger partial charge in [0.2, 0.25) is 20.0 Å². The molecule has 2 aromatic carbocycles. The van der Waals surface area contributed by atoms with Crippen molar-refractivity contribution in [2.75, 3.05) is 26.2 Å².